The number of nitrogens with zero attached hydrogens (tertiary/aromatic N) is 2. The Morgan fingerprint density at radius 1 is 1.26 bits per heavy atom. The molecule has 2 aliphatic heterocycles. The number of aliphatic imine (C=N–C) groups is 1. The molecule has 2 atom stereocenters. The predicted molar refractivity (Wildman–Crippen MR) is 77.3 cm³/mol. The van der Waals surface area contributed by atoms with Gasteiger partial charge in [-0.15, -0.1) is 0 Å². The van der Waals surface area contributed by atoms with Crippen molar-refractivity contribution in [3.63, 3.8) is 0 Å². The van der Waals surface area contributed by atoms with E-state index in [4.69, 9.17) is 4.99 Å². The molecule has 0 bridgehead atoms. The van der Waals surface area contributed by atoms with Gasteiger partial charge in [0.25, 0.3) is 0 Å². The van der Waals surface area contributed by atoms with Crippen LogP contribution in [0.5, 0.6) is 0 Å². The van der Waals surface area contributed by atoms with Crippen LogP contribution in [0.3, 0.4) is 0 Å². The molecule has 1 aromatic carbocycles. The van der Waals surface area contributed by atoms with Gasteiger partial charge in [-0.2, -0.15) is 0 Å². The fourth-order valence-corrected chi connectivity index (χ4v) is 4.29. The van der Waals surface area contributed by atoms with E-state index < -0.39 is 0 Å². The van der Waals surface area contributed by atoms with Gasteiger partial charge in [-0.05, 0) is 25.0 Å². The van der Waals surface area contributed by atoms with Gasteiger partial charge in [-0.25, -0.2) is 4.39 Å². The Labute approximate surface area is 116 Å². The first-order valence-corrected chi connectivity index (χ1v) is 7.71. The van der Waals surface area contributed by atoms with Gasteiger partial charge in [0.1, 0.15) is 5.82 Å². The Morgan fingerprint density at radius 3 is 3.05 bits per heavy atom. The fourth-order valence-electron chi connectivity index (χ4n) is 3.28. The summed E-state index contributed by atoms with van der Waals surface area (Å²) in [4.78, 5) is 7.17. The summed E-state index contributed by atoms with van der Waals surface area (Å²) in [5.41, 5.74) is 2.08. The van der Waals surface area contributed by atoms with E-state index in [-0.39, 0.29) is 5.82 Å². The first kappa shape index (κ1) is 11.5. The van der Waals surface area contributed by atoms with Gasteiger partial charge in [0.2, 0.25) is 0 Å². The van der Waals surface area contributed by atoms with Crippen LogP contribution in [-0.2, 0) is 0 Å². The summed E-state index contributed by atoms with van der Waals surface area (Å²) in [5, 5.41) is 3.22. The number of hydrogen-bond acceptors (Lipinski definition) is 3. The molecule has 0 amide bonds. The fraction of sp³-hybridized carbons (Fsp3) is 0.400. The molecule has 4 heteroatoms. The molecule has 1 fully saturated rings. The zero-order valence-corrected chi connectivity index (χ0v) is 11.4. The summed E-state index contributed by atoms with van der Waals surface area (Å²) in [7, 11) is 0. The molecule has 0 saturated heterocycles. The molecule has 19 heavy (non-hydrogen) atoms. The van der Waals surface area contributed by atoms with E-state index in [2.05, 4.69) is 10.3 Å². The van der Waals surface area contributed by atoms with Gasteiger partial charge < -0.3 is 4.90 Å². The molecule has 3 aliphatic rings. The largest absolute Gasteiger partial charge is 0.315 e. The lowest BCUT2D eigenvalue weighted by Crippen LogP contribution is -2.38. The minimum Gasteiger partial charge on any atom is -0.315 e. The molecule has 0 N–H and O–H groups in total. The summed E-state index contributed by atoms with van der Waals surface area (Å²) in [5.74, 6) is -0.173. The Bertz CT molecular complexity index is 581. The van der Waals surface area contributed by atoms with Crippen molar-refractivity contribution in [2.24, 2.45) is 4.99 Å². The average Bonchev–Trinajstić information content (AvgIpc) is 2.97. The van der Waals surface area contributed by atoms with E-state index in [1.165, 1.54) is 31.7 Å². The van der Waals surface area contributed by atoms with Crippen LogP contribution in [-0.4, -0.2) is 22.2 Å². The number of fused-ring (bicyclic) bond motifs is 3. The maximum Gasteiger partial charge on any atom is 0.168 e. The highest BCUT2D eigenvalue weighted by Crippen LogP contribution is 2.43. The van der Waals surface area contributed by atoms with Crippen LogP contribution >= 0.6 is 11.8 Å². The predicted octanol–water partition coefficient (Wildman–Crippen LogP) is 3.85. The topological polar surface area (TPSA) is 15.6 Å². The van der Waals surface area contributed by atoms with Crippen molar-refractivity contribution in [3.05, 3.63) is 41.1 Å². The maximum atomic E-state index is 13.4. The third-order valence-corrected chi connectivity index (χ3v) is 5.02. The summed E-state index contributed by atoms with van der Waals surface area (Å²) in [6.45, 7) is 0. The molecule has 2 heterocycles. The lowest BCUT2D eigenvalue weighted by molar-refractivity contribution is 0.305. The second-order valence-corrected chi connectivity index (χ2v) is 6.17. The first-order valence-electron chi connectivity index (χ1n) is 6.83. The van der Waals surface area contributed by atoms with Crippen molar-refractivity contribution in [3.8, 4) is 0 Å². The van der Waals surface area contributed by atoms with Gasteiger partial charge in [-0.1, -0.05) is 36.7 Å². The zero-order valence-electron chi connectivity index (χ0n) is 10.6. The molecular weight excluding hydrogens is 259 g/mol. The minimum absolute atomic E-state index is 0.173. The van der Waals surface area contributed by atoms with Crippen molar-refractivity contribution < 1.29 is 4.39 Å². The zero-order chi connectivity index (χ0) is 12.8. The summed E-state index contributed by atoms with van der Waals surface area (Å²) in [6, 6.07) is 7.82. The van der Waals surface area contributed by atoms with Crippen LogP contribution in [0.15, 0.2) is 34.7 Å². The van der Waals surface area contributed by atoms with Crippen LogP contribution in [0.25, 0.3) is 5.70 Å². The monoisotopic (exact) mass is 274 g/mol. The lowest BCUT2D eigenvalue weighted by Gasteiger charge is -2.32. The van der Waals surface area contributed by atoms with E-state index in [9.17, 15) is 4.39 Å². The number of amidine groups is 1. The molecule has 0 unspecified atom stereocenters. The van der Waals surface area contributed by atoms with Gasteiger partial charge in [0.05, 0.1) is 17.8 Å². The highest BCUT2D eigenvalue weighted by Gasteiger charge is 2.42. The normalized spacial score (nSPS) is 28.8. The Hall–Kier alpha value is -1.29. The first-order chi connectivity index (χ1) is 9.33. The Kier molecular flexibility index (Phi) is 2.65. The van der Waals surface area contributed by atoms with E-state index >= 15 is 0 Å². The second kappa shape index (κ2) is 4.37. The third kappa shape index (κ3) is 1.81. The molecule has 2 nitrogen and oxygen atoms in total. The lowest BCUT2D eigenvalue weighted by atomic mass is 9.90. The minimum atomic E-state index is -0.173. The number of thioether (sulfide) groups is 1. The van der Waals surface area contributed by atoms with E-state index in [1.54, 1.807) is 23.9 Å². The van der Waals surface area contributed by atoms with Crippen molar-refractivity contribution in [2.45, 2.75) is 37.8 Å². The quantitative estimate of drug-likeness (QED) is 0.773. The molecular formula is C15H15FN2S. The Morgan fingerprint density at radius 2 is 2.16 bits per heavy atom. The molecule has 4 rings (SSSR count). The standard InChI is InChI=1S/C15H15FN2S/c16-11-5-3-4-10(8-11)14-9-19-15-17-12-6-1-2-7-13(12)18(14)15/h3-5,8-9,12-13H,1-2,6-7H2/t12-,13-/m1/s1. The molecule has 0 aromatic heterocycles. The summed E-state index contributed by atoms with van der Waals surface area (Å²) >= 11 is 1.68. The van der Waals surface area contributed by atoms with Gasteiger partial charge in [0.15, 0.2) is 5.17 Å². The Balaban J connectivity index is 1.70. The van der Waals surface area contributed by atoms with Gasteiger partial charge in [0, 0.05) is 11.0 Å². The molecule has 1 aromatic rings. The molecule has 98 valence electrons. The van der Waals surface area contributed by atoms with Crippen molar-refractivity contribution in [2.75, 3.05) is 0 Å². The van der Waals surface area contributed by atoms with Crippen LogP contribution in [0.1, 0.15) is 31.2 Å². The smallest absolute Gasteiger partial charge is 0.168 e. The number of halogens is 1. The van der Waals surface area contributed by atoms with E-state index in [0.29, 0.717) is 12.1 Å². The molecule has 0 spiro atoms. The van der Waals surface area contributed by atoms with E-state index in [1.807, 2.05) is 6.07 Å². The molecule has 0 radical (unpaired) electrons. The van der Waals surface area contributed by atoms with Crippen LogP contribution in [0.2, 0.25) is 0 Å². The average molecular weight is 274 g/mol. The van der Waals surface area contributed by atoms with Crippen LogP contribution in [0.4, 0.5) is 4.39 Å². The summed E-state index contributed by atoms with van der Waals surface area (Å²) in [6.07, 6.45) is 4.96. The van der Waals surface area contributed by atoms with Gasteiger partial charge >= 0.3 is 0 Å². The SMILES string of the molecule is Fc1cccc(C2=CSC3=N[C@@H]4CCCC[C@H]4N23)c1. The van der Waals surface area contributed by atoms with Crippen molar-refractivity contribution >= 4 is 22.6 Å². The highest BCUT2D eigenvalue weighted by atomic mass is 32.2. The second-order valence-electron chi connectivity index (χ2n) is 5.33. The number of benzene rings is 1. The van der Waals surface area contributed by atoms with Crippen LogP contribution in [0, 0.1) is 5.82 Å². The van der Waals surface area contributed by atoms with Crippen molar-refractivity contribution in [1.29, 1.82) is 0 Å². The number of rotatable bonds is 1. The molecule has 1 saturated carbocycles. The molecule has 1 aliphatic carbocycles. The third-order valence-electron chi connectivity index (χ3n) is 4.16. The van der Waals surface area contributed by atoms with Gasteiger partial charge in [-0.3, -0.25) is 4.99 Å². The number of hydrogen-bond donors (Lipinski definition) is 0. The summed E-state index contributed by atoms with van der Waals surface area (Å²) < 4.78 is 13.4. The maximum absolute atomic E-state index is 13.4. The van der Waals surface area contributed by atoms with E-state index in [0.717, 1.165) is 16.4 Å². The highest BCUT2D eigenvalue weighted by molar-refractivity contribution is 8.16. The van der Waals surface area contributed by atoms with Crippen molar-refractivity contribution in [1.82, 2.24) is 4.90 Å². The van der Waals surface area contributed by atoms with Crippen LogP contribution < -0.4 is 0 Å².